The maximum absolute atomic E-state index is 10.7. The van der Waals surface area contributed by atoms with E-state index in [1.54, 1.807) is 0 Å². The second-order valence-corrected chi connectivity index (χ2v) is 7.36. The van der Waals surface area contributed by atoms with Gasteiger partial charge in [-0.2, -0.15) is 0 Å². The van der Waals surface area contributed by atoms with Crippen LogP contribution in [0.3, 0.4) is 0 Å². The van der Waals surface area contributed by atoms with Gasteiger partial charge in [-0.1, -0.05) is 0 Å². The van der Waals surface area contributed by atoms with Crippen molar-refractivity contribution in [2.24, 2.45) is 0 Å². The molecule has 5 heterocycles. The molecular formula is C17H26N6O2. The first-order valence-corrected chi connectivity index (χ1v) is 9.03. The number of aromatic nitrogens is 2. The molecule has 1 aromatic heterocycles. The van der Waals surface area contributed by atoms with Crippen LogP contribution in [-0.4, -0.2) is 79.5 Å². The molecule has 5 rings (SSSR count). The second-order valence-electron chi connectivity index (χ2n) is 7.36. The van der Waals surface area contributed by atoms with E-state index in [4.69, 9.17) is 4.74 Å². The average molecular weight is 346 g/mol. The van der Waals surface area contributed by atoms with Crippen molar-refractivity contribution in [3.8, 4) is 0 Å². The van der Waals surface area contributed by atoms with Crippen LogP contribution in [0, 0.1) is 0 Å². The molecule has 0 radical (unpaired) electrons. The summed E-state index contributed by atoms with van der Waals surface area (Å²) < 4.78 is 5.72. The molecule has 4 fully saturated rings. The van der Waals surface area contributed by atoms with Crippen LogP contribution in [0.25, 0.3) is 0 Å². The number of morpholine rings is 1. The Morgan fingerprint density at radius 1 is 1.28 bits per heavy atom. The molecule has 0 saturated carbocycles. The number of amides is 1. The summed E-state index contributed by atoms with van der Waals surface area (Å²) in [5.74, 6) is 0.911. The number of carbonyl (C=O) groups excluding carboxylic acids is 1. The number of piperidine rings is 1. The van der Waals surface area contributed by atoms with Crippen molar-refractivity contribution in [2.75, 3.05) is 49.6 Å². The number of hydrogen-bond donors (Lipinski definition) is 1. The summed E-state index contributed by atoms with van der Waals surface area (Å²) in [6, 6.07) is 2.53. The number of piperazine rings is 1. The van der Waals surface area contributed by atoms with Gasteiger partial charge in [0.25, 0.3) is 0 Å². The molecule has 1 amide bonds. The Balaban J connectivity index is 1.61. The predicted octanol–water partition coefficient (Wildman–Crippen LogP) is -0.160. The van der Waals surface area contributed by atoms with Crippen LogP contribution < -0.4 is 15.1 Å². The summed E-state index contributed by atoms with van der Waals surface area (Å²) in [6.07, 6.45) is 2.54. The summed E-state index contributed by atoms with van der Waals surface area (Å²) in [5, 5.41) is 11.6. The van der Waals surface area contributed by atoms with Crippen molar-refractivity contribution in [2.45, 2.75) is 38.1 Å². The van der Waals surface area contributed by atoms with Gasteiger partial charge in [-0.15, -0.1) is 10.2 Å². The lowest BCUT2D eigenvalue weighted by molar-refractivity contribution is -0.133. The van der Waals surface area contributed by atoms with E-state index in [1.807, 2.05) is 0 Å². The second kappa shape index (κ2) is 6.76. The van der Waals surface area contributed by atoms with Gasteiger partial charge in [0.2, 0.25) is 6.41 Å². The van der Waals surface area contributed by atoms with Gasteiger partial charge in [0.05, 0.1) is 24.4 Å². The summed E-state index contributed by atoms with van der Waals surface area (Å²) >= 11 is 0. The lowest BCUT2D eigenvalue weighted by Gasteiger charge is -2.47. The van der Waals surface area contributed by atoms with Crippen LogP contribution in [0.4, 0.5) is 11.5 Å². The normalized spacial score (nSPS) is 29.3. The molecule has 8 nitrogen and oxygen atoms in total. The van der Waals surface area contributed by atoms with E-state index in [0.29, 0.717) is 31.2 Å². The summed E-state index contributed by atoms with van der Waals surface area (Å²) in [4.78, 5) is 17.7. The topological polar surface area (TPSA) is 73.8 Å². The van der Waals surface area contributed by atoms with Crippen LogP contribution in [-0.2, 0) is 16.1 Å². The number of nitrogens with one attached hydrogen (secondary N) is 1. The van der Waals surface area contributed by atoms with Gasteiger partial charge in [0, 0.05) is 51.3 Å². The van der Waals surface area contributed by atoms with E-state index in [9.17, 15) is 4.79 Å². The number of fused-ring (bicyclic) bond motifs is 2. The number of nitrogens with zero attached hydrogens (tertiary/aromatic N) is 5. The third-order valence-corrected chi connectivity index (χ3v) is 5.41. The van der Waals surface area contributed by atoms with Gasteiger partial charge in [0.1, 0.15) is 5.69 Å². The molecule has 0 aromatic carbocycles. The molecule has 0 spiro atoms. The molecule has 25 heavy (non-hydrogen) atoms. The number of anilines is 2. The Morgan fingerprint density at radius 3 is 2.72 bits per heavy atom. The minimum absolute atomic E-state index is 0.336. The van der Waals surface area contributed by atoms with Gasteiger partial charge >= 0.3 is 0 Å². The highest BCUT2D eigenvalue weighted by atomic mass is 16.5. The first kappa shape index (κ1) is 16.5. The zero-order valence-electron chi connectivity index (χ0n) is 14.9. The first-order valence-electron chi connectivity index (χ1n) is 9.03. The smallest absolute Gasteiger partial charge is 0.207 e. The van der Waals surface area contributed by atoms with Crippen LogP contribution >= 0.6 is 0 Å². The molecular weight excluding hydrogens is 320 g/mol. The Hall–Kier alpha value is -1.93. The molecule has 3 unspecified atom stereocenters. The molecule has 3 atom stereocenters. The van der Waals surface area contributed by atoms with Crippen LogP contribution in [0.1, 0.15) is 19.0 Å². The Morgan fingerprint density at radius 2 is 2.04 bits per heavy atom. The van der Waals surface area contributed by atoms with Crippen molar-refractivity contribution in [1.82, 2.24) is 20.4 Å². The highest BCUT2D eigenvalue weighted by molar-refractivity contribution is 5.60. The van der Waals surface area contributed by atoms with E-state index in [-0.39, 0.29) is 0 Å². The highest BCUT2D eigenvalue weighted by Crippen LogP contribution is 2.33. The zero-order chi connectivity index (χ0) is 17.4. The lowest BCUT2D eigenvalue weighted by Crippen LogP contribution is -2.57. The maximum atomic E-state index is 10.7. The molecule has 4 aliphatic rings. The number of hydrogen-bond acceptors (Lipinski definition) is 7. The Bertz CT molecular complexity index is 626. The monoisotopic (exact) mass is 346 g/mol. The van der Waals surface area contributed by atoms with E-state index in [0.717, 1.165) is 56.3 Å². The van der Waals surface area contributed by atoms with Crippen molar-refractivity contribution < 1.29 is 9.53 Å². The fourth-order valence-electron chi connectivity index (χ4n) is 4.10. The van der Waals surface area contributed by atoms with Gasteiger partial charge < -0.3 is 24.8 Å². The number of rotatable bonds is 5. The average Bonchev–Trinajstić information content (AvgIpc) is 2.59. The largest absolute Gasteiger partial charge is 0.371 e. The number of ether oxygens (including phenoxy) is 1. The van der Waals surface area contributed by atoms with Crippen molar-refractivity contribution in [1.29, 1.82) is 0 Å². The molecule has 8 heteroatoms. The molecule has 1 N–H and O–H groups in total. The third kappa shape index (κ3) is 3.28. The third-order valence-electron chi connectivity index (χ3n) is 5.41. The van der Waals surface area contributed by atoms with Gasteiger partial charge in [-0.3, -0.25) is 4.79 Å². The molecule has 1 aromatic rings. The maximum Gasteiger partial charge on any atom is 0.207 e. The number of carbonyl (C=O) groups is 1. The van der Waals surface area contributed by atoms with Crippen LogP contribution in [0.5, 0.6) is 0 Å². The molecule has 0 aliphatic carbocycles. The van der Waals surface area contributed by atoms with Crippen LogP contribution in [0.15, 0.2) is 6.07 Å². The van der Waals surface area contributed by atoms with E-state index in [1.165, 1.54) is 0 Å². The number of likely N-dealkylation sites (N-methyl/N-ethyl adjacent to an activating group) is 1. The van der Waals surface area contributed by atoms with Crippen molar-refractivity contribution >= 4 is 17.9 Å². The molecule has 136 valence electrons. The molecule has 4 saturated heterocycles. The van der Waals surface area contributed by atoms with E-state index >= 15 is 0 Å². The van der Waals surface area contributed by atoms with E-state index < -0.39 is 0 Å². The minimum atomic E-state index is 0.336. The standard InChI is InChI=1S/C17H26N6O2/c1-12-8-21(2)3-4-23(12)16-6-17(20-19-15(16)7-18-11-24)22-9-13-5-14(10-22)25-13/h6,11-14H,3-5,7-10H2,1-2H3,(H,18,24). The zero-order valence-corrected chi connectivity index (χ0v) is 14.9. The lowest BCUT2D eigenvalue weighted by atomic mass is 9.99. The first-order chi connectivity index (χ1) is 12.1. The summed E-state index contributed by atoms with van der Waals surface area (Å²) in [5.41, 5.74) is 1.91. The van der Waals surface area contributed by atoms with Gasteiger partial charge in [-0.05, 0) is 14.0 Å². The summed E-state index contributed by atoms with van der Waals surface area (Å²) in [6.45, 7) is 7.38. The SMILES string of the molecule is CC1CN(C)CCN1c1cc(N2CC3CC(C2)O3)nnc1CNC=O. The van der Waals surface area contributed by atoms with Gasteiger partial charge in [0.15, 0.2) is 5.82 Å². The minimum Gasteiger partial charge on any atom is -0.371 e. The summed E-state index contributed by atoms with van der Waals surface area (Å²) in [7, 11) is 2.15. The molecule has 2 bridgehead atoms. The highest BCUT2D eigenvalue weighted by Gasteiger charge is 2.39. The van der Waals surface area contributed by atoms with Crippen molar-refractivity contribution in [3.63, 3.8) is 0 Å². The van der Waals surface area contributed by atoms with Crippen LogP contribution in [0.2, 0.25) is 0 Å². The Labute approximate surface area is 148 Å². The fraction of sp³-hybridized carbons (Fsp3) is 0.706. The van der Waals surface area contributed by atoms with Crippen molar-refractivity contribution in [3.05, 3.63) is 11.8 Å². The predicted molar refractivity (Wildman–Crippen MR) is 94.7 cm³/mol. The quantitative estimate of drug-likeness (QED) is 0.743. The molecule has 4 aliphatic heterocycles. The van der Waals surface area contributed by atoms with Gasteiger partial charge in [-0.25, -0.2) is 0 Å². The van der Waals surface area contributed by atoms with E-state index in [2.05, 4.69) is 50.3 Å². The fourth-order valence-corrected chi connectivity index (χ4v) is 4.10. The Kier molecular flexibility index (Phi) is 4.47.